The lowest BCUT2D eigenvalue weighted by Gasteiger charge is -2.38. The quantitative estimate of drug-likeness (QED) is 0.108. The fourth-order valence-electron chi connectivity index (χ4n) is 3.76. The molecule has 1 aliphatic rings. The summed E-state index contributed by atoms with van der Waals surface area (Å²) >= 11 is 0. The summed E-state index contributed by atoms with van der Waals surface area (Å²) in [6.45, 7) is 4.46. The van der Waals surface area contributed by atoms with E-state index >= 15 is 0 Å². The van der Waals surface area contributed by atoms with Crippen LogP contribution >= 0.6 is 0 Å². The maximum atomic E-state index is 12.2. The van der Waals surface area contributed by atoms with Crippen molar-refractivity contribution in [3.63, 3.8) is 0 Å². The lowest BCUT2D eigenvalue weighted by atomic mass is 9.69. The summed E-state index contributed by atoms with van der Waals surface area (Å²) in [5, 5.41) is 6.71. The summed E-state index contributed by atoms with van der Waals surface area (Å²) < 4.78 is 0. The molecular weight excluding hydrogens is 330 g/mol. The van der Waals surface area contributed by atoms with Crippen molar-refractivity contribution in [1.82, 2.24) is 10.7 Å². The third-order valence-corrected chi connectivity index (χ3v) is 4.91. The van der Waals surface area contributed by atoms with Gasteiger partial charge in [0.1, 0.15) is 0 Å². The number of hydrazone groups is 1. The molecule has 0 saturated heterocycles. The van der Waals surface area contributed by atoms with Crippen LogP contribution in [0.25, 0.3) is 0 Å². The molecular formula is C18H29N7O. The molecule has 1 aromatic carbocycles. The molecule has 10 N–H and O–H groups in total. The number of carbonyl (C=O) groups is 1. The van der Waals surface area contributed by atoms with Gasteiger partial charge in [0.25, 0.3) is 5.91 Å². The molecule has 0 aromatic heterocycles. The first-order valence-corrected chi connectivity index (χ1v) is 8.75. The fraction of sp³-hybridized carbons (Fsp3) is 0.444. The number of hydrazine groups is 1. The topological polar surface area (TPSA) is 158 Å². The number of hydrogen-bond acceptors (Lipinski definition) is 6. The molecule has 2 rings (SSSR count). The minimum atomic E-state index is -0.761. The number of rotatable bonds is 5. The third kappa shape index (κ3) is 3.57. The van der Waals surface area contributed by atoms with Gasteiger partial charge >= 0.3 is 0 Å². The van der Waals surface area contributed by atoms with Crippen LogP contribution in [-0.2, 0) is 11.8 Å². The highest BCUT2D eigenvalue weighted by Crippen LogP contribution is 2.41. The normalized spacial score (nSPS) is 20.2. The molecule has 1 atom stereocenters. The van der Waals surface area contributed by atoms with Crippen molar-refractivity contribution in [3.05, 3.63) is 46.5 Å². The SMILES string of the molecule is CCNC(=O)c1ccc2c(c1)CCC=C(C)C2(CC(N)N)/C(=N/N)NN. The van der Waals surface area contributed by atoms with Crippen molar-refractivity contribution in [1.29, 1.82) is 0 Å². The smallest absolute Gasteiger partial charge is 0.251 e. The Balaban J connectivity index is 2.70. The zero-order valence-corrected chi connectivity index (χ0v) is 15.4. The van der Waals surface area contributed by atoms with E-state index in [-0.39, 0.29) is 5.91 Å². The molecule has 0 bridgehead atoms. The largest absolute Gasteiger partial charge is 0.352 e. The van der Waals surface area contributed by atoms with Gasteiger partial charge in [0, 0.05) is 12.1 Å². The lowest BCUT2D eigenvalue weighted by Crippen LogP contribution is -2.53. The highest BCUT2D eigenvalue weighted by Gasteiger charge is 2.43. The van der Waals surface area contributed by atoms with Crippen molar-refractivity contribution in [3.8, 4) is 0 Å². The number of amidine groups is 1. The molecule has 0 radical (unpaired) electrons. The van der Waals surface area contributed by atoms with Crippen LogP contribution in [0.4, 0.5) is 0 Å². The maximum Gasteiger partial charge on any atom is 0.251 e. The Bertz CT molecular complexity index is 726. The Kier molecular flexibility index (Phi) is 6.36. The van der Waals surface area contributed by atoms with Gasteiger partial charge in [-0.15, -0.1) is 0 Å². The Morgan fingerprint density at radius 1 is 1.38 bits per heavy atom. The highest BCUT2D eigenvalue weighted by molar-refractivity contribution is 5.98. The standard InChI is InChI=1S/C18H29N7O/c1-3-23-16(26)13-7-8-14-12(9-13)6-4-5-11(2)18(14,10-15(19)20)17(24-21)25-22/h5,7-9,15H,3-4,6,10,19-22H2,1-2H3,(H,23,26)(H,24,25). The number of nitrogens with one attached hydrogen (secondary N) is 2. The van der Waals surface area contributed by atoms with E-state index in [1.807, 2.05) is 26.0 Å². The molecule has 0 spiro atoms. The van der Waals surface area contributed by atoms with Crippen molar-refractivity contribution >= 4 is 11.7 Å². The van der Waals surface area contributed by atoms with Gasteiger partial charge in [-0.3, -0.25) is 4.79 Å². The second-order valence-electron chi connectivity index (χ2n) is 6.55. The van der Waals surface area contributed by atoms with E-state index in [0.29, 0.717) is 24.4 Å². The molecule has 0 aliphatic heterocycles. The zero-order chi connectivity index (χ0) is 19.3. The van der Waals surface area contributed by atoms with Gasteiger partial charge in [0.15, 0.2) is 5.84 Å². The van der Waals surface area contributed by atoms with E-state index in [0.717, 1.165) is 29.5 Å². The van der Waals surface area contributed by atoms with E-state index in [4.69, 9.17) is 23.2 Å². The Morgan fingerprint density at radius 3 is 2.69 bits per heavy atom. The minimum Gasteiger partial charge on any atom is -0.352 e. The molecule has 1 aliphatic carbocycles. The van der Waals surface area contributed by atoms with Crippen molar-refractivity contribution < 1.29 is 4.79 Å². The summed E-state index contributed by atoms with van der Waals surface area (Å²) in [6.07, 6.45) is 3.50. The van der Waals surface area contributed by atoms with E-state index < -0.39 is 11.6 Å². The molecule has 1 unspecified atom stereocenters. The van der Waals surface area contributed by atoms with Crippen LogP contribution in [0, 0.1) is 0 Å². The first kappa shape index (κ1) is 19.9. The van der Waals surface area contributed by atoms with Gasteiger partial charge in [0.2, 0.25) is 0 Å². The zero-order valence-electron chi connectivity index (χ0n) is 15.4. The van der Waals surface area contributed by atoms with Crippen LogP contribution < -0.4 is 33.9 Å². The molecule has 8 heteroatoms. The van der Waals surface area contributed by atoms with E-state index in [9.17, 15) is 4.79 Å². The summed E-state index contributed by atoms with van der Waals surface area (Å²) in [5.41, 5.74) is 17.4. The number of nitrogens with two attached hydrogens (primary N) is 4. The predicted octanol–water partition coefficient (Wildman–Crippen LogP) is -0.0643. The fourth-order valence-corrected chi connectivity index (χ4v) is 3.76. The van der Waals surface area contributed by atoms with Crippen LogP contribution in [0.1, 0.15) is 48.2 Å². The molecule has 0 fully saturated rings. The third-order valence-electron chi connectivity index (χ3n) is 4.91. The average molecular weight is 359 g/mol. The maximum absolute atomic E-state index is 12.2. The van der Waals surface area contributed by atoms with Crippen molar-refractivity contribution in [2.75, 3.05) is 6.54 Å². The van der Waals surface area contributed by atoms with Gasteiger partial charge in [-0.25, -0.2) is 5.84 Å². The van der Waals surface area contributed by atoms with E-state index in [2.05, 4.69) is 21.9 Å². The molecule has 142 valence electrons. The second-order valence-corrected chi connectivity index (χ2v) is 6.55. The molecule has 26 heavy (non-hydrogen) atoms. The summed E-state index contributed by atoms with van der Waals surface area (Å²) in [4.78, 5) is 12.2. The molecule has 1 amide bonds. The number of allylic oxidation sites excluding steroid dienone is 1. The number of hydrogen-bond donors (Lipinski definition) is 6. The number of benzene rings is 1. The van der Waals surface area contributed by atoms with Gasteiger partial charge in [-0.1, -0.05) is 17.7 Å². The number of aryl methyl sites for hydroxylation is 1. The predicted molar refractivity (Wildman–Crippen MR) is 104 cm³/mol. The number of carbonyl (C=O) groups excluding carboxylic acids is 1. The first-order chi connectivity index (χ1) is 12.4. The molecule has 0 saturated carbocycles. The Morgan fingerprint density at radius 2 is 2.12 bits per heavy atom. The monoisotopic (exact) mass is 359 g/mol. The first-order valence-electron chi connectivity index (χ1n) is 8.75. The number of nitrogens with zero attached hydrogens (tertiary/aromatic N) is 1. The summed E-state index contributed by atoms with van der Waals surface area (Å²) in [5.74, 6) is 11.7. The van der Waals surface area contributed by atoms with E-state index in [1.54, 1.807) is 6.07 Å². The lowest BCUT2D eigenvalue weighted by molar-refractivity contribution is 0.0955. The van der Waals surface area contributed by atoms with Crippen LogP contribution in [-0.4, -0.2) is 24.5 Å². The number of amides is 1. The Labute approximate surface area is 154 Å². The molecule has 0 heterocycles. The van der Waals surface area contributed by atoms with Crippen LogP contribution in [0.2, 0.25) is 0 Å². The second kappa shape index (κ2) is 8.31. The minimum absolute atomic E-state index is 0.102. The van der Waals surface area contributed by atoms with Crippen LogP contribution in [0.3, 0.4) is 0 Å². The van der Waals surface area contributed by atoms with Crippen molar-refractivity contribution in [2.24, 2.45) is 28.3 Å². The summed E-state index contributed by atoms with van der Waals surface area (Å²) in [7, 11) is 0. The van der Waals surface area contributed by atoms with Crippen LogP contribution in [0.5, 0.6) is 0 Å². The van der Waals surface area contributed by atoms with Crippen molar-refractivity contribution in [2.45, 2.75) is 44.7 Å². The molecule has 1 aromatic rings. The molecule has 8 nitrogen and oxygen atoms in total. The van der Waals surface area contributed by atoms with Crippen LogP contribution in [0.15, 0.2) is 34.9 Å². The van der Waals surface area contributed by atoms with E-state index in [1.165, 1.54) is 0 Å². The highest BCUT2D eigenvalue weighted by atomic mass is 16.1. The number of fused-ring (bicyclic) bond motifs is 1. The van der Waals surface area contributed by atoms with Gasteiger partial charge in [-0.2, -0.15) is 5.10 Å². The van der Waals surface area contributed by atoms with Gasteiger partial charge in [0.05, 0.1) is 11.6 Å². The van der Waals surface area contributed by atoms with Gasteiger partial charge in [-0.05, 0) is 56.4 Å². The summed E-state index contributed by atoms with van der Waals surface area (Å²) in [6, 6.07) is 5.63. The van der Waals surface area contributed by atoms with Gasteiger partial charge < -0.3 is 28.1 Å². The Hall–Kier alpha value is -2.42. The average Bonchev–Trinajstić information content (AvgIpc) is 2.73.